The van der Waals surface area contributed by atoms with Crippen molar-refractivity contribution in [3.05, 3.63) is 89.4 Å². The number of aryl methyl sites for hydroxylation is 1. The Morgan fingerprint density at radius 3 is 2.18 bits per heavy atom. The number of hydrogen-bond donors (Lipinski definition) is 1. The van der Waals surface area contributed by atoms with Gasteiger partial charge in [-0.05, 0) is 55.0 Å². The molecule has 5 nitrogen and oxygen atoms in total. The predicted octanol–water partition coefficient (Wildman–Crippen LogP) is 4.48. The molecule has 0 radical (unpaired) electrons. The summed E-state index contributed by atoms with van der Waals surface area (Å²) in [6.07, 6.45) is 0. The zero-order chi connectivity index (χ0) is 20.1. The molecule has 1 N–H and O–H groups in total. The fourth-order valence-electron chi connectivity index (χ4n) is 2.72. The lowest BCUT2D eigenvalue weighted by molar-refractivity contribution is -0.114. The van der Waals surface area contributed by atoms with Gasteiger partial charge in [0.25, 0.3) is 10.0 Å². The zero-order valence-corrected chi connectivity index (χ0v) is 16.7. The summed E-state index contributed by atoms with van der Waals surface area (Å²) in [6, 6.07) is 21.7. The van der Waals surface area contributed by atoms with E-state index in [2.05, 4.69) is 5.32 Å². The highest BCUT2D eigenvalue weighted by Gasteiger charge is 2.27. The minimum atomic E-state index is -3.91. The molecule has 7 heteroatoms. The Morgan fingerprint density at radius 2 is 1.57 bits per heavy atom. The van der Waals surface area contributed by atoms with Gasteiger partial charge in [-0.15, -0.1) is 0 Å². The molecule has 3 aromatic carbocycles. The van der Waals surface area contributed by atoms with Gasteiger partial charge in [0.2, 0.25) is 5.91 Å². The third kappa shape index (κ3) is 4.52. The van der Waals surface area contributed by atoms with Crippen LogP contribution in [0.5, 0.6) is 0 Å². The maximum Gasteiger partial charge on any atom is 0.264 e. The molecule has 0 bridgehead atoms. The standard InChI is InChI=1S/C21H19ClN2O3S/c1-16-14-17(22)12-13-20(16)23-21(25)15-24(18-8-4-2-5-9-18)28(26,27)19-10-6-3-7-11-19/h2-14H,15H2,1H3,(H,23,25). The molecule has 0 heterocycles. The van der Waals surface area contributed by atoms with Gasteiger partial charge in [-0.3, -0.25) is 9.10 Å². The topological polar surface area (TPSA) is 66.5 Å². The fraction of sp³-hybridized carbons (Fsp3) is 0.0952. The molecule has 28 heavy (non-hydrogen) atoms. The number of nitrogens with zero attached hydrogens (tertiary/aromatic N) is 1. The molecule has 0 spiro atoms. The van der Waals surface area contributed by atoms with Crippen molar-refractivity contribution >= 4 is 38.9 Å². The normalized spacial score (nSPS) is 11.1. The Labute approximate surface area is 169 Å². The van der Waals surface area contributed by atoms with Gasteiger partial charge in [-0.2, -0.15) is 0 Å². The molecular weight excluding hydrogens is 396 g/mol. The van der Waals surface area contributed by atoms with Crippen molar-refractivity contribution in [2.75, 3.05) is 16.2 Å². The number of rotatable bonds is 6. The highest BCUT2D eigenvalue weighted by atomic mass is 35.5. The second-order valence-electron chi connectivity index (χ2n) is 6.17. The van der Waals surface area contributed by atoms with Crippen LogP contribution in [0.25, 0.3) is 0 Å². The molecule has 0 unspecified atom stereocenters. The summed E-state index contributed by atoms with van der Waals surface area (Å²) in [4.78, 5) is 12.8. The van der Waals surface area contributed by atoms with E-state index in [1.165, 1.54) is 12.1 Å². The van der Waals surface area contributed by atoms with Crippen molar-refractivity contribution in [3.63, 3.8) is 0 Å². The Hall–Kier alpha value is -2.83. The number of halogens is 1. The first-order chi connectivity index (χ1) is 13.4. The Balaban J connectivity index is 1.91. The lowest BCUT2D eigenvalue weighted by Crippen LogP contribution is -2.38. The monoisotopic (exact) mass is 414 g/mol. The summed E-state index contributed by atoms with van der Waals surface area (Å²) in [7, 11) is -3.91. The van der Waals surface area contributed by atoms with Crippen molar-refractivity contribution in [2.24, 2.45) is 0 Å². The summed E-state index contributed by atoms with van der Waals surface area (Å²) in [5.74, 6) is -0.450. The number of sulfonamides is 1. The largest absolute Gasteiger partial charge is 0.324 e. The molecule has 0 atom stereocenters. The summed E-state index contributed by atoms with van der Waals surface area (Å²) in [5, 5.41) is 3.32. The van der Waals surface area contributed by atoms with E-state index in [-0.39, 0.29) is 11.4 Å². The van der Waals surface area contributed by atoms with Crippen LogP contribution in [0.15, 0.2) is 83.8 Å². The number of benzene rings is 3. The van der Waals surface area contributed by atoms with Crippen LogP contribution in [0, 0.1) is 6.92 Å². The van der Waals surface area contributed by atoms with Gasteiger partial charge in [0.1, 0.15) is 6.54 Å². The predicted molar refractivity (Wildman–Crippen MR) is 112 cm³/mol. The van der Waals surface area contributed by atoms with Crippen LogP contribution in [0.3, 0.4) is 0 Å². The lowest BCUT2D eigenvalue weighted by Gasteiger charge is -2.24. The number of nitrogens with one attached hydrogen (secondary N) is 1. The molecule has 3 aromatic rings. The number of anilines is 2. The Morgan fingerprint density at radius 1 is 0.964 bits per heavy atom. The molecular formula is C21H19ClN2O3S. The first-order valence-electron chi connectivity index (χ1n) is 8.57. The first kappa shape index (κ1) is 19.9. The molecule has 0 aliphatic rings. The zero-order valence-electron chi connectivity index (χ0n) is 15.2. The van der Waals surface area contributed by atoms with Gasteiger partial charge in [-0.25, -0.2) is 8.42 Å². The van der Waals surface area contributed by atoms with Crippen molar-refractivity contribution in [1.82, 2.24) is 0 Å². The minimum Gasteiger partial charge on any atom is -0.324 e. The molecule has 0 saturated carbocycles. The molecule has 1 amide bonds. The van der Waals surface area contributed by atoms with E-state index in [1.54, 1.807) is 66.7 Å². The van der Waals surface area contributed by atoms with E-state index < -0.39 is 15.9 Å². The number of carbonyl (C=O) groups is 1. The number of carbonyl (C=O) groups excluding carboxylic acids is 1. The van der Waals surface area contributed by atoms with E-state index >= 15 is 0 Å². The van der Waals surface area contributed by atoms with E-state index in [9.17, 15) is 13.2 Å². The van der Waals surface area contributed by atoms with E-state index in [4.69, 9.17) is 11.6 Å². The second kappa shape index (κ2) is 8.46. The van der Waals surface area contributed by atoms with Gasteiger partial charge >= 0.3 is 0 Å². The Kier molecular flexibility index (Phi) is 6.02. The summed E-state index contributed by atoms with van der Waals surface area (Å²) < 4.78 is 27.4. The lowest BCUT2D eigenvalue weighted by atomic mass is 10.2. The molecule has 0 aliphatic heterocycles. The first-order valence-corrected chi connectivity index (χ1v) is 10.4. The highest BCUT2D eigenvalue weighted by molar-refractivity contribution is 7.92. The van der Waals surface area contributed by atoms with Crippen molar-refractivity contribution < 1.29 is 13.2 Å². The molecule has 0 aliphatic carbocycles. The van der Waals surface area contributed by atoms with Crippen LogP contribution in [0.4, 0.5) is 11.4 Å². The second-order valence-corrected chi connectivity index (χ2v) is 8.47. The van der Waals surface area contributed by atoms with Crippen LogP contribution in [-0.2, 0) is 14.8 Å². The molecule has 0 aromatic heterocycles. The van der Waals surface area contributed by atoms with Crippen LogP contribution in [0.2, 0.25) is 5.02 Å². The maximum absolute atomic E-state index is 13.2. The average molecular weight is 415 g/mol. The van der Waals surface area contributed by atoms with Crippen molar-refractivity contribution in [2.45, 2.75) is 11.8 Å². The van der Waals surface area contributed by atoms with Crippen LogP contribution >= 0.6 is 11.6 Å². The third-order valence-electron chi connectivity index (χ3n) is 4.13. The van der Waals surface area contributed by atoms with Gasteiger partial charge in [0.15, 0.2) is 0 Å². The summed E-state index contributed by atoms with van der Waals surface area (Å²) in [6.45, 7) is 1.46. The summed E-state index contributed by atoms with van der Waals surface area (Å²) >= 11 is 5.95. The summed E-state index contributed by atoms with van der Waals surface area (Å²) in [5.41, 5.74) is 1.78. The highest BCUT2D eigenvalue weighted by Crippen LogP contribution is 2.24. The van der Waals surface area contributed by atoms with E-state index in [0.717, 1.165) is 9.87 Å². The third-order valence-corrected chi connectivity index (χ3v) is 6.15. The number of amides is 1. The van der Waals surface area contributed by atoms with E-state index in [1.807, 2.05) is 6.92 Å². The van der Waals surface area contributed by atoms with Gasteiger partial charge < -0.3 is 5.32 Å². The molecule has 144 valence electrons. The van der Waals surface area contributed by atoms with Gasteiger partial charge in [0.05, 0.1) is 10.6 Å². The van der Waals surface area contributed by atoms with E-state index in [0.29, 0.717) is 16.4 Å². The molecule has 0 fully saturated rings. The SMILES string of the molecule is Cc1cc(Cl)ccc1NC(=O)CN(c1ccccc1)S(=O)(=O)c1ccccc1. The quantitative estimate of drug-likeness (QED) is 0.646. The molecule has 3 rings (SSSR count). The Bertz CT molecular complexity index is 1070. The van der Waals surface area contributed by atoms with Gasteiger partial charge in [-0.1, -0.05) is 48.0 Å². The van der Waals surface area contributed by atoms with Crippen LogP contribution in [-0.4, -0.2) is 20.9 Å². The minimum absolute atomic E-state index is 0.120. The number of hydrogen-bond acceptors (Lipinski definition) is 3. The maximum atomic E-state index is 13.2. The average Bonchev–Trinajstić information content (AvgIpc) is 2.69. The number of para-hydroxylation sites is 1. The fourth-order valence-corrected chi connectivity index (χ4v) is 4.39. The molecule has 0 saturated heterocycles. The smallest absolute Gasteiger partial charge is 0.264 e. The van der Waals surface area contributed by atoms with Crippen molar-refractivity contribution in [3.8, 4) is 0 Å². The van der Waals surface area contributed by atoms with Crippen LogP contribution < -0.4 is 9.62 Å². The van der Waals surface area contributed by atoms with Crippen molar-refractivity contribution in [1.29, 1.82) is 0 Å². The van der Waals surface area contributed by atoms with Crippen LogP contribution in [0.1, 0.15) is 5.56 Å². The van der Waals surface area contributed by atoms with Gasteiger partial charge in [0, 0.05) is 10.7 Å².